The van der Waals surface area contributed by atoms with Gasteiger partial charge in [0.05, 0.1) is 6.61 Å². The third-order valence-corrected chi connectivity index (χ3v) is 4.53. The van der Waals surface area contributed by atoms with E-state index in [0.29, 0.717) is 6.04 Å². The average molecular weight is 290 g/mol. The van der Waals surface area contributed by atoms with Crippen molar-refractivity contribution in [3.05, 3.63) is 23.3 Å². The van der Waals surface area contributed by atoms with Crippen molar-refractivity contribution in [2.75, 3.05) is 33.3 Å². The number of fused-ring (bicyclic) bond motifs is 1. The fraction of sp³-hybridized carbons (Fsp3) is 0.750. The van der Waals surface area contributed by atoms with Gasteiger partial charge in [-0.2, -0.15) is 0 Å². The molecule has 21 heavy (non-hydrogen) atoms. The van der Waals surface area contributed by atoms with E-state index < -0.39 is 0 Å². The summed E-state index contributed by atoms with van der Waals surface area (Å²) in [5, 5.41) is 3.36. The standard InChI is InChI=1S/C16H26N4O/c1-3-7-20-8-9-21-15(11-20)16-18-10-12-13(17-2)5-4-6-14(12)19-16/h10,13,15,17H,3-9,11H2,1-2H3. The molecule has 1 aromatic heterocycles. The van der Waals surface area contributed by atoms with Crippen molar-refractivity contribution in [2.45, 2.75) is 44.8 Å². The van der Waals surface area contributed by atoms with Crippen LogP contribution in [0.2, 0.25) is 0 Å². The molecule has 2 heterocycles. The van der Waals surface area contributed by atoms with E-state index in [1.807, 2.05) is 13.2 Å². The summed E-state index contributed by atoms with van der Waals surface area (Å²) >= 11 is 0. The van der Waals surface area contributed by atoms with Crippen molar-refractivity contribution >= 4 is 0 Å². The molecule has 5 heteroatoms. The molecule has 2 unspecified atom stereocenters. The highest BCUT2D eigenvalue weighted by atomic mass is 16.5. The second kappa shape index (κ2) is 6.81. The summed E-state index contributed by atoms with van der Waals surface area (Å²) < 4.78 is 5.90. The topological polar surface area (TPSA) is 50.3 Å². The smallest absolute Gasteiger partial charge is 0.158 e. The molecule has 0 radical (unpaired) electrons. The number of hydrogen-bond acceptors (Lipinski definition) is 5. The lowest BCUT2D eigenvalue weighted by Crippen LogP contribution is -2.39. The van der Waals surface area contributed by atoms with Crippen molar-refractivity contribution in [1.29, 1.82) is 0 Å². The van der Waals surface area contributed by atoms with Crippen LogP contribution in [0.25, 0.3) is 0 Å². The maximum atomic E-state index is 5.90. The van der Waals surface area contributed by atoms with Crippen molar-refractivity contribution in [3.63, 3.8) is 0 Å². The molecule has 0 bridgehead atoms. The first kappa shape index (κ1) is 14.9. The highest BCUT2D eigenvalue weighted by Gasteiger charge is 2.26. The van der Waals surface area contributed by atoms with Gasteiger partial charge in [0.1, 0.15) is 6.10 Å². The Kier molecular flexibility index (Phi) is 4.83. The van der Waals surface area contributed by atoms with E-state index in [-0.39, 0.29) is 6.10 Å². The molecule has 1 fully saturated rings. The van der Waals surface area contributed by atoms with Crippen LogP contribution in [0.5, 0.6) is 0 Å². The highest BCUT2D eigenvalue weighted by Crippen LogP contribution is 2.29. The largest absolute Gasteiger partial charge is 0.368 e. The Balaban J connectivity index is 1.77. The zero-order chi connectivity index (χ0) is 14.7. The van der Waals surface area contributed by atoms with Gasteiger partial charge < -0.3 is 10.1 Å². The van der Waals surface area contributed by atoms with Crippen molar-refractivity contribution in [3.8, 4) is 0 Å². The number of nitrogens with zero attached hydrogens (tertiary/aromatic N) is 3. The van der Waals surface area contributed by atoms with Crippen LogP contribution in [0.4, 0.5) is 0 Å². The Morgan fingerprint density at radius 3 is 3.19 bits per heavy atom. The molecule has 1 N–H and O–H groups in total. The van der Waals surface area contributed by atoms with E-state index in [9.17, 15) is 0 Å². The zero-order valence-corrected chi connectivity index (χ0v) is 13.1. The van der Waals surface area contributed by atoms with Crippen LogP contribution < -0.4 is 5.32 Å². The van der Waals surface area contributed by atoms with Gasteiger partial charge in [-0.1, -0.05) is 6.92 Å². The van der Waals surface area contributed by atoms with E-state index >= 15 is 0 Å². The molecule has 1 aromatic rings. The molecule has 1 saturated heterocycles. The lowest BCUT2D eigenvalue weighted by Gasteiger charge is -2.32. The van der Waals surface area contributed by atoms with Crippen LogP contribution in [0, 0.1) is 0 Å². The highest BCUT2D eigenvalue weighted by molar-refractivity contribution is 5.25. The monoisotopic (exact) mass is 290 g/mol. The molecule has 1 aliphatic carbocycles. The van der Waals surface area contributed by atoms with Gasteiger partial charge in [-0.3, -0.25) is 4.90 Å². The number of nitrogens with one attached hydrogen (secondary N) is 1. The van der Waals surface area contributed by atoms with E-state index in [1.54, 1.807) is 0 Å². The van der Waals surface area contributed by atoms with Crippen molar-refractivity contribution < 1.29 is 4.74 Å². The molecule has 3 rings (SSSR count). The van der Waals surface area contributed by atoms with Gasteiger partial charge in [-0.15, -0.1) is 0 Å². The first-order chi connectivity index (χ1) is 10.3. The van der Waals surface area contributed by atoms with Gasteiger partial charge >= 0.3 is 0 Å². The molecular formula is C16H26N4O. The summed E-state index contributed by atoms with van der Waals surface area (Å²) in [5.74, 6) is 0.867. The first-order valence-corrected chi connectivity index (χ1v) is 8.18. The Labute approximate surface area is 127 Å². The lowest BCUT2D eigenvalue weighted by molar-refractivity contribution is -0.0343. The summed E-state index contributed by atoms with van der Waals surface area (Å²) in [6.45, 7) is 6.08. The van der Waals surface area contributed by atoms with Crippen LogP contribution in [0.15, 0.2) is 6.20 Å². The number of ether oxygens (including phenoxy) is 1. The second-order valence-electron chi connectivity index (χ2n) is 6.02. The van der Waals surface area contributed by atoms with E-state index in [1.165, 1.54) is 30.5 Å². The summed E-state index contributed by atoms with van der Waals surface area (Å²) in [6, 6.07) is 0.409. The van der Waals surface area contributed by atoms with Crippen molar-refractivity contribution in [2.24, 2.45) is 0 Å². The summed E-state index contributed by atoms with van der Waals surface area (Å²) in [6.07, 6.45) is 6.67. The molecule has 0 saturated carbocycles. The van der Waals surface area contributed by atoms with Gasteiger partial charge in [0.15, 0.2) is 5.82 Å². The third kappa shape index (κ3) is 3.25. The molecule has 0 amide bonds. The zero-order valence-electron chi connectivity index (χ0n) is 13.1. The summed E-state index contributed by atoms with van der Waals surface area (Å²) in [4.78, 5) is 11.9. The van der Waals surface area contributed by atoms with Crippen LogP contribution in [-0.2, 0) is 11.2 Å². The van der Waals surface area contributed by atoms with Gasteiger partial charge in [0.25, 0.3) is 0 Å². The number of aromatic nitrogens is 2. The Bertz CT molecular complexity index is 477. The van der Waals surface area contributed by atoms with Crippen LogP contribution >= 0.6 is 0 Å². The van der Waals surface area contributed by atoms with Crippen LogP contribution in [0.1, 0.15) is 55.4 Å². The summed E-state index contributed by atoms with van der Waals surface area (Å²) in [7, 11) is 2.01. The fourth-order valence-electron chi connectivity index (χ4n) is 3.40. The predicted octanol–water partition coefficient (Wildman–Crippen LogP) is 1.86. The molecule has 0 spiro atoms. The maximum absolute atomic E-state index is 5.90. The van der Waals surface area contributed by atoms with Gasteiger partial charge in [0.2, 0.25) is 0 Å². The Morgan fingerprint density at radius 1 is 1.48 bits per heavy atom. The molecule has 1 aliphatic heterocycles. The maximum Gasteiger partial charge on any atom is 0.158 e. The normalized spacial score (nSPS) is 26.6. The number of rotatable bonds is 4. The minimum Gasteiger partial charge on any atom is -0.368 e. The van der Waals surface area contributed by atoms with Crippen LogP contribution in [-0.4, -0.2) is 48.2 Å². The Morgan fingerprint density at radius 2 is 2.38 bits per heavy atom. The SMILES string of the molecule is CCCN1CCOC(c2ncc3c(n2)CCCC3NC)C1. The second-order valence-corrected chi connectivity index (χ2v) is 6.02. The molecular weight excluding hydrogens is 264 g/mol. The predicted molar refractivity (Wildman–Crippen MR) is 82.2 cm³/mol. The number of morpholine rings is 1. The summed E-state index contributed by atoms with van der Waals surface area (Å²) in [5.41, 5.74) is 2.48. The molecule has 5 nitrogen and oxygen atoms in total. The fourth-order valence-corrected chi connectivity index (χ4v) is 3.40. The molecule has 116 valence electrons. The van der Waals surface area contributed by atoms with E-state index in [0.717, 1.165) is 38.5 Å². The van der Waals surface area contributed by atoms with E-state index in [2.05, 4.69) is 22.1 Å². The van der Waals surface area contributed by atoms with E-state index in [4.69, 9.17) is 9.72 Å². The Hall–Kier alpha value is -1.04. The quantitative estimate of drug-likeness (QED) is 0.917. The van der Waals surface area contributed by atoms with Gasteiger partial charge in [-0.05, 0) is 39.3 Å². The first-order valence-electron chi connectivity index (χ1n) is 8.18. The minimum absolute atomic E-state index is 0.0329. The average Bonchev–Trinajstić information content (AvgIpc) is 2.54. The lowest BCUT2D eigenvalue weighted by atomic mass is 9.92. The molecule has 2 aliphatic rings. The van der Waals surface area contributed by atoms with Crippen molar-refractivity contribution in [1.82, 2.24) is 20.2 Å². The van der Waals surface area contributed by atoms with Gasteiger partial charge in [-0.25, -0.2) is 9.97 Å². The number of hydrogen-bond donors (Lipinski definition) is 1. The number of aryl methyl sites for hydroxylation is 1. The molecule has 0 aromatic carbocycles. The molecule has 2 atom stereocenters. The van der Waals surface area contributed by atoms with Gasteiger partial charge in [0, 0.05) is 36.6 Å². The van der Waals surface area contributed by atoms with Crippen LogP contribution in [0.3, 0.4) is 0 Å². The minimum atomic E-state index is 0.0329. The third-order valence-electron chi connectivity index (χ3n) is 4.53.